The summed E-state index contributed by atoms with van der Waals surface area (Å²) >= 11 is 0. The van der Waals surface area contributed by atoms with E-state index in [1.54, 1.807) is 0 Å². The molecule has 0 fully saturated rings. The van der Waals surface area contributed by atoms with Crippen molar-refractivity contribution in [2.75, 3.05) is 19.8 Å². The molecule has 0 bridgehead atoms. The Labute approximate surface area is 300 Å². The minimum atomic E-state index is -0.535. The number of aliphatic hydroxyl groups is 1. The van der Waals surface area contributed by atoms with Gasteiger partial charge in [-0.1, -0.05) is 199 Å². The molecule has 1 atom stereocenters. The first kappa shape index (κ1) is 46.9. The van der Waals surface area contributed by atoms with E-state index in [1.165, 1.54) is 180 Å². The summed E-state index contributed by atoms with van der Waals surface area (Å²) in [6.07, 6.45) is 50.9. The summed E-state index contributed by atoms with van der Waals surface area (Å²) in [5.41, 5.74) is 0. The monoisotopic (exact) mass is 677 g/mol. The molecule has 1 N–H and O–H groups in total. The SMILES string of the molecule is CCCCCC/C=C\C/C=C\CCCCCCCCOCC(CO)OC(=O)CCCCCCCCCCCCCCCCCCCCC. The summed E-state index contributed by atoms with van der Waals surface area (Å²) in [6.45, 7) is 5.34. The molecule has 0 spiro atoms. The second kappa shape index (κ2) is 42.0. The van der Waals surface area contributed by atoms with Crippen LogP contribution < -0.4 is 0 Å². The molecule has 0 aromatic heterocycles. The minimum absolute atomic E-state index is 0.172. The van der Waals surface area contributed by atoms with Gasteiger partial charge in [0, 0.05) is 13.0 Å². The van der Waals surface area contributed by atoms with Crippen molar-refractivity contribution in [1.29, 1.82) is 0 Å². The number of carbonyl (C=O) groups is 1. The summed E-state index contributed by atoms with van der Waals surface area (Å²) in [4.78, 5) is 12.2. The quantitative estimate of drug-likeness (QED) is 0.0399. The van der Waals surface area contributed by atoms with Crippen molar-refractivity contribution >= 4 is 5.97 Å². The molecule has 0 aliphatic heterocycles. The number of carbonyl (C=O) groups excluding carboxylic acids is 1. The fourth-order valence-corrected chi connectivity index (χ4v) is 6.30. The third kappa shape index (κ3) is 39.3. The zero-order valence-corrected chi connectivity index (χ0v) is 32.5. The van der Waals surface area contributed by atoms with Crippen molar-refractivity contribution in [1.82, 2.24) is 0 Å². The van der Waals surface area contributed by atoms with Gasteiger partial charge in [-0.2, -0.15) is 0 Å². The van der Waals surface area contributed by atoms with Gasteiger partial charge in [-0.3, -0.25) is 4.79 Å². The van der Waals surface area contributed by atoms with Crippen molar-refractivity contribution in [3.8, 4) is 0 Å². The van der Waals surface area contributed by atoms with Gasteiger partial charge in [0.05, 0.1) is 13.2 Å². The maximum Gasteiger partial charge on any atom is 0.306 e. The molecule has 4 heteroatoms. The van der Waals surface area contributed by atoms with Gasteiger partial charge in [0.2, 0.25) is 0 Å². The van der Waals surface area contributed by atoms with Gasteiger partial charge < -0.3 is 14.6 Å². The molecule has 284 valence electrons. The molecule has 0 radical (unpaired) electrons. The molecule has 0 aromatic rings. The highest BCUT2D eigenvalue weighted by Gasteiger charge is 2.13. The molecule has 0 rings (SSSR count). The molecule has 1 unspecified atom stereocenters. The molecule has 0 saturated carbocycles. The number of esters is 1. The minimum Gasteiger partial charge on any atom is -0.457 e. The smallest absolute Gasteiger partial charge is 0.306 e. The predicted octanol–water partition coefficient (Wildman–Crippen LogP) is 13.9. The van der Waals surface area contributed by atoms with E-state index >= 15 is 0 Å². The van der Waals surface area contributed by atoms with Crippen LogP contribution in [0.5, 0.6) is 0 Å². The number of rotatable bonds is 40. The summed E-state index contributed by atoms with van der Waals surface area (Å²) in [5, 5.41) is 9.60. The van der Waals surface area contributed by atoms with Crippen molar-refractivity contribution in [3.63, 3.8) is 0 Å². The van der Waals surface area contributed by atoms with E-state index in [0.717, 1.165) is 25.7 Å². The van der Waals surface area contributed by atoms with Gasteiger partial charge in [-0.15, -0.1) is 0 Å². The highest BCUT2D eigenvalue weighted by Crippen LogP contribution is 2.15. The maximum atomic E-state index is 12.2. The Bertz CT molecular complexity index is 673. The Balaban J connectivity index is 3.41. The van der Waals surface area contributed by atoms with Crippen LogP contribution in [0.4, 0.5) is 0 Å². The average Bonchev–Trinajstić information content (AvgIpc) is 3.09. The van der Waals surface area contributed by atoms with Gasteiger partial charge in [0.1, 0.15) is 6.10 Å². The molecule has 0 heterocycles. The van der Waals surface area contributed by atoms with Gasteiger partial charge in [0.25, 0.3) is 0 Å². The Morgan fingerprint density at radius 2 is 0.875 bits per heavy atom. The van der Waals surface area contributed by atoms with E-state index in [4.69, 9.17) is 9.47 Å². The Kier molecular flexibility index (Phi) is 41.0. The number of aliphatic hydroxyl groups excluding tert-OH is 1. The third-order valence-electron chi connectivity index (χ3n) is 9.53. The van der Waals surface area contributed by atoms with Gasteiger partial charge in [-0.25, -0.2) is 0 Å². The molecular formula is C44H84O4. The first-order chi connectivity index (χ1) is 23.7. The second-order valence-electron chi connectivity index (χ2n) is 14.4. The lowest BCUT2D eigenvalue weighted by Gasteiger charge is -2.15. The number of ether oxygens (including phenoxy) is 2. The third-order valence-corrected chi connectivity index (χ3v) is 9.53. The van der Waals surface area contributed by atoms with Crippen LogP contribution in [0.1, 0.15) is 226 Å². The molecule has 48 heavy (non-hydrogen) atoms. The lowest BCUT2D eigenvalue weighted by atomic mass is 10.0. The number of allylic oxidation sites excluding steroid dienone is 4. The van der Waals surface area contributed by atoms with E-state index in [1.807, 2.05) is 0 Å². The van der Waals surface area contributed by atoms with Gasteiger partial charge in [0.15, 0.2) is 0 Å². The van der Waals surface area contributed by atoms with Crippen molar-refractivity contribution in [3.05, 3.63) is 24.3 Å². The van der Waals surface area contributed by atoms with Gasteiger partial charge in [-0.05, 0) is 44.9 Å². The lowest BCUT2D eigenvalue weighted by Crippen LogP contribution is -2.27. The summed E-state index contributed by atoms with van der Waals surface area (Å²) in [6, 6.07) is 0. The highest BCUT2D eigenvalue weighted by molar-refractivity contribution is 5.69. The normalized spacial score (nSPS) is 12.5. The van der Waals surface area contributed by atoms with Crippen LogP contribution in [-0.4, -0.2) is 37.0 Å². The first-order valence-electron chi connectivity index (χ1n) is 21.4. The summed E-state index contributed by atoms with van der Waals surface area (Å²) in [5.74, 6) is -0.200. The van der Waals surface area contributed by atoms with Crippen LogP contribution >= 0.6 is 0 Å². The molecule has 0 aliphatic rings. The van der Waals surface area contributed by atoms with Crippen LogP contribution in [0.25, 0.3) is 0 Å². The lowest BCUT2D eigenvalue weighted by molar-refractivity contribution is -0.154. The molecule has 0 amide bonds. The summed E-state index contributed by atoms with van der Waals surface area (Å²) < 4.78 is 11.2. The van der Waals surface area contributed by atoms with Crippen LogP contribution in [-0.2, 0) is 14.3 Å². The maximum absolute atomic E-state index is 12.2. The van der Waals surface area contributed by atoms with E-state index in [2.05, 4.69) is 38.2 Å². The van der Waals surface area contributed by atoms with E-state index in [9.17, 15) is 9.90 Å². The van der Waals surface area contributed by atoms with Crippen LogP contribution in [0, 0.1) is 0 Å². The van der Waals surface area contributed by atoms with Crippen molar-refractivity contribution in [2.45, 2.75) is 232 Å². The zero-order chi connectivity index (χ0) is 34.9. The molecule has 0 aromatic carbocycles. The zero-order valence-electron chi connectivity index (χ0n) is 32.5. The Morgan fingerprint density at radius 1 is 0.500 bits per heavy atom. The van der Waals surface area contributed by atoms with E-state index < -0.39 is 6.10 Å². The fourth-order valence-electron chi connectivity index (χ4n) is 6.30. The fraction of sp³-hybridized carbons (Fsp3) is 0.886. The molecule has 4 nitrogen and oxygen atoms in total. The number of hydrogen-bond acceptors (Lipinski definition) is 4. The van der Waals surface area contributed by atoms with Crippen LogP contribution in [0.3, 0.4) is 0 Å². The Morgan fingerprint density at radius 3 is 1.31 bits per heavy atom. The van der Waals surface area contributed by atoms with Gasteiger partial charge >= 0.3 is 5.97 Å². The molecule has 0 saturated heterocycles. The van der Waals surface area contributed by atoms with Crippen LogP contribution in [0.2, 0.25) is 0 Å². The van der Waals surface area contributed by atoms with Crippen molar-refractivity contribution < 1.29 is 19.4 Å². The average molecular weight is 677 g/mol. The summed E-state index contributed by atoms with van der Waals surface area (Å²) in [7, 11) is 0. The predicted molar refractivity (Wildman–Crippen MR) is 210 cm³/mol. The molecule has 0 aliphatic carbocycles. The van der Waals surface area contributed by atoms with Crippen molar-refractivity contribution in [2.24, 2.45) is 0 Å². The number of hydrogen-bond donors (Lipinski definition) is 1. The largest absolute Gasteiger partial charge is 0.457 e. The highest BCUT2D eigenvalue weighted by atomic mass is 16.6. The van der Waals surface area contributed by atoms with Crippen LogP contribution in [0.15, 0.2) is 24.3 Å². The standard InChI is InChI=1S/C44H84O4/c1-3-5-7-9-11-13-15-17-19-21-22-23-25-27-29-31-33-35-37-39-44(46)48-43(41-45)42-47-40-38-36-34-32-30-28-26-24-20-18-16-14-12-10-8-6-4-2/h14,16,20,24,43,45H,3-13,15,17-19,21-23,25-42H2,1-2H3/b16-14-,24-20-. The second-order valence-corrected chi connectivity index (χ2v) is 14.4. The first-order valence-corrected chi connectivity index (χ1v) is 21.4. The van der Waals surface area contributed by atoms with E-state index in [-0.39, 0.29) is 12.6 Å². The number of unbranched alkanes of at least 4 members (excludes halogenated alkanes) is 28. The Hall–Kier alpha value is -1.13. The topological polar surface area (TPSA) is 55.8 Å². The molecular weight excluding hydrogens is 592 g/mol. The van der Waals surface area contributed by atoms with E-state index in [0.29, 0.717) is 19.6 Å².